The smallest absolute Gasteiger partial charge is 0.258 e. The van der Waals surface area contributed by atoms with Gasteiger partial charge in [0.05, 0.1) is 27.9 Å². The molecular formula is C22H17N5O2S. The summed E-state index contributed by atoms with van der Waals surface area (Å²) in [7, 11) is 1.70. The van der Waals surface area contributed by atoms with E-state index in [1.165, 1.54) is 11.3 Å². The highest BCUT2D eigenvalue weighted by molar-refractivity contribution is 7.13. The molecule has 148 valence electrons. The number of nitrogens with zero attached hydrogens (tertiary/aromatic N) is 4. The van der Waals surface area contributed by atoms with Crippen LogP contribution in [0, 0.1) is 11.3 Å². The van der Waals surface area contributed by atoms with Gasteiger partial charge < -0.3 is 15.0 Å². The second-order valence-corrected chi connectivity index (χ2v) is 8.25. The molecule has 0 saturated carbocycles. The fraction of sp³-hybridized carbons (Fsp3) is 0.182. The van der Waals surface area contributed by atoms with E-state index >= 15 is 0 Å². The fourth-order valence-electron chi connectivity index (χ4n) is 3.82. The maximum Gasteiger partial charge on any atom is 0.258 e. The van der Waals surface area contributed by atoms with Crippen LogP contribution in [0.2, 0.25) is 0 Å². The zero-order chi connectivity index (χ0) is 20.9. The molecule has 0 spiro atoms. The van der Waals surface area contributed by atoms with Gasteiger partial charge in [-0.1, -0.05) is 18.2 Å². The first-order chi connectivity index (χ1) is 14.5. The Labute approximate surface area is 176 Å². The monoisotopic (exact) mass is 415 g/mol. The molecule has 1 amide bonds. The number of benzene rings is 1. The number of nitrogens with one attached hydrogen (secondary N) is 1. The summed E-state index contributed by atoms with van der Waals surface area (Å²) in [5.74, 6) is -0.278. The van der Waals surface area contributed by atoms with Crippen molar-refractivity contribution in [2.45, 2.75) is 12.0 Å². The van der Waals surface area contributed by atoms with Crippen LogP contribution in [0.5, 0.6) is 0 Å². The first-order valence-electron chi connectivity index (χ1n) is 9.41. The second kappa shape index (κ2) is 6.76. The van der Waals surface area contributed by atoms with Crippen molar-refractivity contribution in [3.05, 3.63) is 59.2 Å². The van der Waals surface area contributed by atoms with E-state index in [9.17, 15) is 9.90 Å². The average molecular weight is 415 g/mol. The molecule has 1 saturated heterocycles. The molecule has 0 radical (unpaired) electrons. The number of rotatable bonds is 3. The topological polar surface area (TPSA) is 106 Å². The van der Waals surface area contributed by atoms with Gasteiger partial charge in [0.25, 0.3) is 5.91 Å². The van der Waals surface area contributed by atoms with E-state index < -0.39 is 5.60 Å². The zero-order valence-electron chi connectivity index (χ0n) is 16.1. The minimum Gasteiger partial charge on any atom is -0.375 e. The molecule has 1 aliphatic rings. The van der Waals surface area contributed by atoms with Gasteiger partial charge in [-0.25, -0.2) is 4.98 Å². The van der Waals surface area contributed by atoms with Crippen molar-refractivity contribution in [3.63, 3.8) is 0 Å². The Morgan fingerprint density at radius 3 is 3.00 bits per heavy atom. The number of carbonyl (C=O) groups is 1. The maximum absolute atomic E-state index is 12.4. The third kappa shape index (κ3) is 2.79. The lowest BCUT2D eigenvalue weighted by Crippen LogP contribution is -2.36. The van der Waals surface area contributed by atoms with Gasteiger partial charge in [0.15, 0.2) is 5.60 Å². The van der Waals surface area contributed by atoms with Gasteiger partial charge >= 0.3 is 0 Å². The number of hydrogen-bond donors (Lipinski definition) is 2. The van der Waals surface area contributed by atoms with Crippen LogP contribution in [0.3, 0.4) is 0 Å². The van der Waals surface area contributed by atoms with Crippen molar-refractivity contribution in [1.82, 2.24) is 19.9 Å². The summed E-state index contributed by atoms with van der Waals surface area (Å²) in [6.07, 6.45) is 3.77. The quantitative estimate of drug-likeness (QED) is 0.534. The van der Waals surface area contributed by atoms with Crippen LogP contribution >= 0.6 is 11.3 Å². The number of fused-ring (bicyclic) bond motifs is 1. The molecule has 4 heterocycles. The van der Waals surface area contributed by atoms with Crippen molar-refractivity contribution in [2.24, 2.45) is 0 Å². The third-order valence-corrected chi connectivity index (χ3v) is 6.40. The van der Waals surface area contributed by atoms with Crippen LogP contribution in [-0.2, 0) is 10.4 Å². The molecule has 3 aromatic heterocycles. The van der Waals surface area contributed by atoms with Crippen molar-refractivity contribution in [1.29, 1.82) is 5.26 Å². The first kappa shape index (κ1) is 18.5. The second-order valence-electron chi connectivity index (χ2n) is 7.39. The Hall–Kier alpha value is -3.54. The minimum atomic E-state index is -1.48. The molecular weight excluding hydrogens is 398 g/mol. The van der Waals surface area contributed by atoms with E-state index in [-0.39, 0.29) is 5.91 Å². The number of H-pyrrole nitrogens is 1. The summed E-state index contributed by atoms with van der Waals surface area (Å²) in [4.78, 5) is 26.3. The number of carbonyl (C=O) groups excluding carboxylic acids is 1. The SMILES string of the molecule is CN1CC[C@@](O)(c2cccc(-c3csc(-c4c[nH]c5cc(C#N)cnc45)n3)c2)C1=O. The number of thiazole rings is 1. The maximum atomic E-state index is 12.4. The van der Waals surface area contributed by atoms with E-state index in [4.69, 9.17) is 10.2 Å². The molecule has 1 aliphatic heterocycles. The normalized spacial score (nSPS) is 18.8. The van der Waals surface area contributed by atoms with Gasteiger partial charge in [-0.15, -0.1) is 11.3 Å². The van der Waals surface area contributed by atoms with Crippen molar-refractivity contribution in [2.75, 3.05) is 13.6 Å². The molecule has 2 N–H and O–H groups in total. The number of pyridine rings is 1. The molecule has 1 fully saturated rings. The summed E-state index contributed by atoms with van der Waals surface area (Å²) >= 11 is 1.49. The number of aromatic nitrogens is 3. The van der Waals surface area contributed by atoms with Crippen molar-refractivity contribution < 1.29 is 9.90 Å². The van der Waals surface area contributed by atoms with Gasteiger partial charge in [-0.05, 0) is 17.7 Å². The van der Waals surface area contributed by atoms with Crippen LogP contribution in [-0.4, -0.2) is 44.5 Å². The van der Waals surface area contributed by atoms with E-state index in [0.29, 0.717) is 24.1 Å². The molecule has 5 rings (SSSR count). The molecule has 0 bridgehead atoms. The Bertz CT molecular complexity index is 1330. The van der Waals surface area contributed by atoms with Gasteiger partial charge in [0.1, 0.15) is 11.1 Å². The van der Waals surface area contributed by atoms with Crippen LogP contribution in [0.1, 0.15) is 17.5 Å². The summed E-state index contributed by atoms with van der Waals surface area (Å²) in [6, 6.07) is 11.2. The Morgan fingerprint density at radius 1 is 1.37 bits per heavy atom. The van der Waals surface area contributed by atoms with Crippen molar-refractivity contribution in [3.8, 4) is 27.9 Å². The zero-order valence-corrected chi connectivity index (χ0v) is 16.9. The van der Waals surface area contributed by atoms with E-state index in [0.717, 1.165) is 32.9 Å². The largest absolute Gasteiger partial charge is 0.375 e. The number of aromatic amines is 1. The molecule has 8 heteroatoms. The lowest BCUT2D eigenvalue weighted by atomic mass is 9.90. The Balaban J connectivity index is 1.51. The van der Waals surface area contributed by atoms with E-state index in [1.54, 1.807) is 30.3 Å². The van der Waals surface area contributed by atoms with Crippen LogP contribution < -0.4 is 0 Å². The predicted octanol–water partition coefficient (Wildman–Crippen LogP) is 3.27. The Morgan fingerprint density at radius 2 is 2.23 bits per heavy atom. The van der Waals surface area contributed by atoms with Crippen molar-refractivity contribution >= 4 is 28.3 Å². The highest BCUT2D eigenvalue weighted by Gasteiger charge is 2.45. The molecule has 4 aromatic rings. The first-order valence-corrected chi connectivity index (χ1v) is 10.3. The summed E-state index contributed by atoms with van der Waals surface area (Å²) in [5, 5.41) is 22.7. The number of likely N-dealkylation sites (N-methyl/N-ethyl adjacent to an activating group) is 1. The summed E-state index contributed by atoms with van der Waals surface area (Å²) in [6.45, 7) is 0.529. The lowest BCUT2D eigenvalue weighted by molar-refractivity contribution is -0.143. The number of amides is 1. The van der Waals surface area contributed by atoms with Crippen LogP contribution in [0.4, 0.5) is 0 Å². The lowest BCUT2D eigenvalue weighted by Gasteiger charge is -2.21. The standard InChI is InChI=1S/C22H17N5O2S/c1-27-6-5-22(29,21(27)28)15-4-2-3-14(8-15)18-12-30-20(26-18)16-11-24-17-7-13(9-23)10-25-19(16)17/h2-4,7-8,10-12,24,29H,5-6H2,1H3/t22-/m1/s1. The molecule has 0 unspecified atom stereocenters. The molecule has 7 nitrogen and oxygen atoms in total. The van der Waals surface area contributed by atoms with E-state index in [2.05, 4.69) is 16.0 Å². The van der Waals surface area contributed by atoms with Gasteiger partial charge in [-0.2, -0.15) is 5.26 Å². The van der Waals surface area contributed by atoms with Crippen LogP contribution in [0.25, 0.3) is 32.9 Å². The molecule has 1 atom stereocenters. The number of hydrogen-bond acceptors (Lipinski definition) is 6. The molecule has 0 aliphatic carbocycles. The van der Waals surface area contributed by atoms with Gasteiger partial charge in [-0.3, -0.25) is 9.78 Å². The fourth-order valence-corrected chi connectivity index (χ4v) is 4.66. The summed E-state index contributed by atoms with van der Waals surface area (Å²) < 4.78 is 0. The number of nitriles is 1. The molecule has 30 heavy (non-hydrogen) atoms. The summed E-state index contributed by atoms with van der Waals surface area (Å²) in [5.41, 5.74) is 3.62. The molecule has 1 aromatic carbocycles. The van der Waals surface area contributed by atoms with Crippen LogP contribution in [0.15, 0.2) is 48.1 Å². The highest BCUT2D eigenvalue weighted by Crippen LogP contribution is 2.36. The Kier molecular flexibility index (Phi) is 4.17. The van der Waals surface area contributed by atoms with Gasteiger partial charge in [0.2, 0.25) is 0 Å². The van der Waals surface area contributed by atoms with Gasteiger partial charge in [0, 0.05) is 43.4 Å². The highest BCUT2D eigenvalue weighted by atomic mass is 32.1. The number of likely N-dealkylation sites (tertiary alicyclic amines) is 1. The van der Waals surface area contributed by atoms with E-state index in [1.807, 2.05) is 29.8 Å². The average Bonchev–Trinajstić information content (AvgIpc) is 3.48. The minimum absolute atomic E-state index is 0.278. The number of aliphatic hydroxyl groups is 1. The predicted molar refractivity (Wildman–Crippen MR) is 114 cm³/mol. The third-order valence-electron chi connectivity index (χ3n) is 5.52.